The van der Waals surface area contributed by atoms with E-state index in [1.807, 2.05) is 30.3 Å². The highest BCUT2D eigenvalue weighted by Crippen LogP contribution is 2.36. The van der Waals surface area contributed by atoms with E-state index in [-0.39, 0.29) is 24.7 Å². The predicted octanol–water partition coefficient (Wildman–Crippen LogP) is 3.89. The summed E-state index contributed by atoms with van der Waals surface area (Å²) < 4.78 is 38.7. The molecule has 0 radical (unpaired) electrons. The fourth-order valence-corrected chi connectivity index (χ4v) is 2.85. The van der Waals surface area contributed by atoms with Crippen molar-refractivity contribution in [2.45, 2.75) is 12.7 Å². The zero-order valence-electron chi connectivity index (χ0n) is 16.0. The summed E-state index contributed by atoms with van der Waals surface area (Å²) >= 11 is 5.56. The molecule has 0 spiro atoms. The van der Waals surface area contributed by atoms with Crippen molar-refractivity contribution in [2.75, 3.05) is 32.5 Å². The minimum absolute atomic E-state index is 0.0474. The van der Waals surface area contributed by atoms with Gasteiger partial charge >= 0.3 is 6.18 Å². The number of halogens is 4. The van der Waals surface area contributed by atoms with Crippen molar-refractivity contribution in [3.63, 3.8) is 0 Å². The molecule has 2 amide bonds. The summed E-state index contributed by atoms with van der Waals surface area (Å²) in [6.45, 7) is 0.372. The molecular weight excluding hydrogens is 407 g/mol. The maximum Gasteiger partial charge on any atom is 0.417 e. The first-order chi connectivity index (χ1) is 13.6. The first-order valence-electron chi connectivity index (χ1n) is 8.69. The van der Waals surface area contributed by atoms with Gasteiger partial charge in [0.15, 0.2) is 0 Å². The van der Waals surface area contributed by atoms with Gasteiger partial charge in [-0.2, -0.15) is 13.2 Å². The highest BCUT2D eigenvalue weighted by atomic mass is 35.5. The summed E-state index contributed by atoms with van der Waals surface area (Å²) in [6, 6.07) is 12.7. The molecule has 2 rings (SSSR count). The van der Waals surface area contributed by atoms with Crippen LogP contribution in [0.3, 0.4) is 0 Å². The monoisotopic (exact) mass is 427 g/mol. The number of alkyl halides is 3. The molecule has 0 aliphatic carbocycles. The first kappa shape index (κ1) is 22.7. The first-order valence-corrected chi connectivity index (χ1v) is 9.07. The molecule has 5 nitrogen and oxygen atoms in total. The van der Waals surface area contributed by atoms with Gasteiger partial charge in [0.25, 0.3) is 0 Å². The third-order valence-corrected chi connectivity index (χ3v) is 4.39. The lowest BCUT2D eigenvalue weighted by Crippen LogP contribution is -2.40. The van der Waals surface area contributed by atoms with Crippen molar-refractivity contribution in [3.05, 3.63) is 64.7 Å². The van der Waals surface area contributed by atoms with Crippen LogP contribution in [-0.2, 0) is 22.3 Å². The van der Waals surface area contributed by atoms with Crippen molar-refractivity contribution in [1.82, 2.24) is 9.80 Å². The van der Waals surface area contributed by atoms with Gasteiger partial charge in [-0.3, -0.25) is 14.5 Å². The molecule has 1 N–H and O–H groups in total. The Morgan fingerprint density at radius 1 is 1.03 bits per heavy atom. The van der Waals surface area contributed by atoms with Gasteiger partial charge in [0.1, 0.15) is 0 Å². The second-order valence-corrected chi connectivity index (χ2v) is 7.06. The molecule has 0 unspecified atom stereocenters. The highest BCUT2D eigenvalue weighted by Gasteiger charge is 2.33. The van der Waals surface area contributed by atoms with E-state index in [9.17, 15) is 22.8 Å². The van der Waals surface area contributed by atoms with Gasteiger partial charge in [-0.05, 0) is 30.8 Å². The SMILES string of the molecule is CN(CC(=O)N(C)CC(=O)Nc1ccc(Cl)c(C(F)(F)F)c1)Cc1ccccc1. The molecule has 2 aromatic carbocycles. The van der Waals surface area contributed by atoms with Gasteiger partial charge in [0.2, 0.25) is 11.8 Å². The number of hydrogen-bond acceptors (Lipinski definition) is 3. The Kier molecular flexibility index (Phi) is 7.64. The zero-order chi connectivity index (χ0) is 21.6. The standard InChI is InChI=1S/C20H21ClF3N3O2/c1-26(11-14-6-4-3-5-7-14)13-19(29)27(2)12-18(28)25-15-8-9-17(21)16(10-15)20(22,23)24/h3-10H,11-13H2,1-2H3,(H,25,28). The predicted molar refractivity (Wildman–Crippen MR) is 105 cm³/mol. The average Bonchev–Trinajstić information content (AvgIpc) is 2.63. The molecule has 0 atom stereocenters. The smallest absolute Gasteiger partial charge is 0.335 e. The van der Waals surface area contributed by atoms with Crippen molar-refractivity contribution in [3.8, 4) is 0 Å². The lowest BCUT2D eigenvalue weighted by molar-refractivity contribution is -0.137. The summed E-state index contributed by atoms with van der Waals surface area (Å²) in [5.41, 5.74) is -0.0379. The Bertz CT molecular complexity index is 860. The molecule has 29 heavy (non-hydrogen) atoms. The summed E-state index contributed by atoms with van der Waals surface area (Å²) in [5, 5.41) is 1.90. The summed E-state index contributed by atoms with van der Waals surface area (Å²) in [7, 11) is 3.24. The van der Waals surface area contributed by atoms with Gasteiger partial charge in [0, 0.05) is 19.3 Å². The van der Waals surface area contributed by atoms with E-state index in [1.54, 1.807) is 11.9 Å². The third-order valence-electron chi connectivity index (χ3n) is 4.06. The van der Waals surface area contributed by atoms with E-state index in [0.717, 1.165) is 17.7 Å². The van der Waals surface area contributed by atoms with Crippen LogP contribution in [0.1, 0.15) is 11.1 Å². The molecule has 0 heterocycles. The molecule has 0 fully saturated rings. The Hall–Kier alpha value is -2.58. The minimum Gasteiger partial charge on any atom is -0.335 e. The molecule has 2 aromatic rings. The number of anilines is 1. The van der Waals surface area contributed by atoms with Gasteiger partial charge in [-0.15, -0.1) is 0 Å². The number of likely N-dealkylation sites (N-methyl/N-ethyl adjacent to an activating group) is 2. The molecule has 0 aliphatic rings. The Morgan fingerprint density at radius 2 is 1.69 bits per heavy atom. The molecule has 0 aliphatic heterocycles. The van der Waals surface area contributed by atoms with Crippen LogP contribution in [0, 0.1) is 0 Å². The number of benzene rings is 2. The lowest BCUT2D eigenvalue weighted by atomic mass is 10.2. The number of carbonyl (C=O) groups is 2. The number of rotatable bonds is 7. The molecule has 9 heteroatoms. The van der Waals surface area contributed by atoms with Crippen molar-refractivity contribution in [2.24, 2.45) is 0 Å². The van der Waals surface area contributed by atoms with Crippen LogP contribution in [0.4, 0.5) is 18.9 Å². The molecule has 0 bridgehead atoms. The Morgan fingerprint density at radius 3 is 2.31 bits per heavy atom. The van der Waals surface area contributed by atoms with E-state index < -0.39 is 22.7 Å². The second-order valence-electron chi connectivity index (χ2n) is 6.65. The number of carbonyl (C=O) groups excluding carboxylic acids is 2. The van der Waals surface area contributed by atoms with Gasteiger partial charge in [0.05, 0.1) is 23.7 Å². The van der Waals surface area contributed by atoms with Gasteiger partial charge < -0.3 is 10.2 Å². The maximum atomic E-state index is 12.9. The fourth-order valence-electron chi connectivity index (χ4n) is 2.63. The quantitative estimate of drug-likeness (QED) is 0.729. The van der Waals surface area contributed by atoms with Crippen LogP contribution in [0.15, 0.2) is 48.5 Å². The summed E-state index contributed by atoms with van der Waals surface area (Å²) in [4.78, 5) is 27.4. The number of nitrogens with one attached hydrogen (secondary N) is 1. The second kappa shape index (κ2) is 9.76. The zero-order valence-corrected chi connectivity index (χ0v) is 16.7. The van der Waals surface area contributed by atoms with Gasteiger partial charge in [-0.25, -0.2) is 0 Å². The minimum atomic E-state index is -4.63. The number of amides is 2. The van der Waals surface area contributed by atoms with Crippen LogP contribution in [-0.4, -0.2) is 48.8 Å². The fraction of sp³-hybridized carbons (Fsp3) is 0.300. The lowest BCUT2D eigenvalue weighted by Gasteiger charge is -2.21. The largest absolute Gasteiger partial charge is 0.417 e. The topological polar surface area (TPSA) is 52.7 Å². The molecule has 0 saturated carbocycles. The van der Waals surface area contributed by atoms with Crippen molar-refractivity contribution in [1.29, 1.82) is 0 Å². The molecule has 0 aromatic heterocycles. The van der Waals surface area contributed by atoms with Crippen LogP contribution in [0.25, 0.3) is 0 Å². The van der Waals surface area contributed by atoms with E-state index >= 15 is 0 Å². The normalized spacial score (nSPS) is 11.4. The highest BCUT2D eigenvalue weighted by molar-refractivity contribution is 6.31. The summed E-state index contributed by atoms with van der Waals surface area (Å²) in [5.74, 6) is -0.896. The van der Waals surface area contributed by atoms with E-state index in [2.05, 4.69) is 5.32 Å². The summed E-state index contributed by atoms with van der Waals surface area (Å²) in [6.07, 6.45) is -4.63. The number of nitrogens with zero attached hydrogens (tertiary/aromatic N) is 2. The van der Waals surface area contributed by atoms with Crippen molar-refractivity contribution < 1.29 is 22.8 Å². The average molecular weight is 428 g/mol. The van der Waals surface area contributed by atoms with Crippen LogP contribution < -0.4 is 5.32 Å². The van der Waals surface area contributed by atoms with Gasteiger partial charge in [-0.1, -0.05) is 41.9 Å². The Balaban J connectivity index is 1.89. The van der Waals surface area contributed by atoms with E-state index in [4.69, 9.17) is 11.6 Å². The maximum absolute atomic E-state index is 12.9. The van der Waals surface area contributed by atoms with E-state index in [1.165, 1.54) is 18.0 Å². The van der Waals surface area contributed by atoms with Crippen LogP contribution >= 0.6 is 11.6 Å². The molecular formula is C20H21ClF3N3O2. The van der Waals surface area contributed by atoms with Crippen molar-refractivity contribution >= 4 is 29.1 Å². The molecule has 156 valence electrons. The molecule has 0 saturated heterocycles. The number of hydrogen-bond donors (Lipinski definition) is 1. The Labute approximate surface area is 172 Å². The van der Waals surface area contributed by atoms with Crippen LogP contribution in [0.2, 0.25) is 5.02 Å². The van der Waals surface area contributed by atoms with Crippen LogP contribution in [0.5, 0.6) is 0 Å². The third kappa shape index (κ3) is 7.07. The van der Waals surface area contributed by atoms with E-state index in [0.29, 0.717) is 6.54 Å².